The number of hydrogen-bond donors (Lipinski definition) is 3. The lowest BCUT2D eigenvalue weighted by Gasteiger charge is -2.22. The minimum atomic E-state index is -0.827. The second kappa shape index (κ2) is 18.2. The number of amides is 3. The molecule has 1 fully saturated rings. The Morgan fingerprint density at radius 1 is 0.984 bits per heavy atom. The van der Waals surface area contributed by atoms with Crippen LogP contribution in [0.3, 0.4) is 0 Å². The maximum atomic E-state index is 13.4. The van der Waals surface area contributed by atoms with E-state index in [0.29, 0.717) is 72.5 Å². The molecule has 6 heterocycles. The lowest BCUT2D eigenvalue weighted by atomic mass is 9.99. The van der Waals surface area contributed by atoms with E-state index in [9.17, 15) is 19.2 Å². The number of imide groups is 1. The largest absolute Gasteiger partial charge is 0.382 e. The summed E-state index contributed by atoms with van der Waals surface area (Å²) in [5.41, 5.74) is 4.72. The molecule has 0 spiro atoms. The van der Waals surface area contributed by atoms with Gasteiger partial charge in [-0.1, -0.05) is 35.0 Å². The van der Waals surface area contributed by atoms with Crippen molar-refractivity contribution in [1.82, 2.24) is 50.2 Å². The third-order valence-electron chi connectivity index (χ3n) is 10.5. The maximum absolute atomic E-state index is 13.4. The van der Waals surface area contributed by atoms with Gasteiger partial charge in [0.05, 0.1) is 69.4 Å². The van der Waals surface area contributed by atoms with Gasteiger partial charge < -0.3 is 20.1 Å². The predicted molar refractivity (Wildman–Crippen MR) is 227 cm³/mol. The number of ether oxygens (including phenoxy) is 2. The Hall–Kier alpha value is -6.15. The number of halogens is 1. The normalized spacial score (nSPS) is 16.2. The number of piperidine rings is 1. The molecular weight excluding hydrogens is 824 g/mol. The summed E-state index contributed by atoms with van der Waals surface area (Å²) in [5.74, 6) is 0.231. The third kappa shape index (κ3) is 9.00. The zero-order valence-electron chi connectivity index (χ0n) is 33.7. The summed E-state index contributed by atoms with van der Waals surface area (Å²) in [4.78, 5) is 56.8. The third-order valence-corrected chi connectivity index (χ3v) is 12.0. The van der Waals surface area contributed by atoms with Gasteiger partial charge in [-0.25, -0.2) is 9.36 Å². The smallest absolute Gasteiger partial charge is 0.275 e. The molecule has 1 unspecified atom stereocenters. The minimum Gasteiger partial charge on any atom is -0.382 e. The van der Waals surface area contributed by atoms with Crippen molar-refractivity contribution in [3.05, 3.63) is 109 Å². The zero-order chi connectivity index (χ0) is 42.6. The Labute approximate surface area is 358 Å². The summed E-state index contributed by atoms with van der Waals surface area (Å²) in [5, 5.41) is 32.6. The number of aryl methyl sites for hydroxylation is 2. The van der Waals surface area contributed by atoms with E-state index in [4.69, 9.17) is 26.1 Å². The van der Waals surface area contributed by atoms with Crippen LogP contribution in [0.15, 0.2) is 64.6 Å². The maximum Gasteiger partial charge on any atom is 0.275 e. The van der Waals surface area contributed by atoms with Crippen molar-refractivity contribution in [2.45, 2.75) is 65.2 Å². The van der Waals surface area contributed by atoms with Crippen LogP contribution in [0.2, 0.25) is 5.02 Å². The van der Waals surface area contributed by atoms with Gasteiger partial charge in [-0.05, 0) is 57.0 Å². The van der Waals surface area contributed by atoms with Crippen LogP contribution in [0.25, 0.3) is 15.8 Å². The predicted octanol–water partition coefficient (Wildman–Crippen LogP) is 3.93. The summed E-state index contributed by atoms with van der Waals surface area (Å²) in [6.45, 7) is 8.73. The average molecular weight is 867 g/mol. The first kappa shape index (κ1) is 41.6. The van der Waals surface area contributed by atoms with Crippen molar-refractivity contribution in [2.75, 3.05) is 38.3 Å². The van der Waals surface area contributed by atoms with Crippen LogP contribution in [-0.4, -0.2) is 95.9 Å². The van der Waals surface area contributed by atoms with Gasteiger partial charge in [0.2, 0.25) is 11.8 Å². The fraction of sp³-hybridized carbons (Fsp3) is 0.366. The molecule has 18 nitrogen and oxygen atoms in total. The van der Waals surface area contributed by atoms with Gasteiger partial charge in [-0.3, -0.25) is 34.1 Å². The molecule has 1 saturated heterocycles. The lowest BCUT2D eigenvalue weighted by molar-refractivity contribution is -0.136. The fourth-order valence-corrected chi connectivity index (χ4v) is 8.65. The number of hydrogen-bond acceptors (Lipinski definition) is 14. The number of nitrogens with one attached hydrogen (secondary N) is 3. The zero-order valence-corrected chi connectivity index (χ0v) is 35.3. The Balaban J connectivity index is 0.774. The molecule has 2 aliphatic rings. The molecule has 4 aromatic heterocycles. The quantitative estimate of drug-likeness (QED) is 0.0933. The molecule has 0 aliphatic carbocycles. The van der Waals surface area contributed by atoms with E-state index in [1.807, 2.05) is 41.8 Å². The molecular formula is C41H43ClN12O6S. The van der Waals surface area contributed by atoms with E-state index < -0.39 is 23.6 Å². The Bertz CT molecular complexity index is 2710. The topological polar surface area (TPSA) is 214 Å². The van der Waals surface area contributed by atoms with Crippen molar-refractivity contribution in [3.8, 4) is 5.00 Å². The molecule has 0 radical (unpaired) electrons. The molecule has 20 heteroatoms. The van der Waals surface area contributed by atoms with Gasteiger partial charge >= 0.3 is 0 Å². The highest BCUT2D eigenvalue weighted by Gasteiger charge is 2.33. The van der Waals surface area contributed by atoms with Gasteiger partial charge in [-0.2, -0.15) is 5.10 Å². The molecule has 316 valence electrons. The highest BCUT2D eigenvalue weighted by molar-refractivity contribution is 7.15. The first-order valence-corrected chi connectivity index (χ1v) is 21.0. The van der Waals surface area contributed by atoms with Crippen LogP contribution >= 0.6 is 22.9 Å². The van der Waals surface area contributed by atoms with Crippen LogP contribution < -0.4 is 21.5 Å². The number of thiophene rings is 1. The van der Waals surface area contributed by atoms with Crippen LogP contribution in [0.5, 0.6) is 0 Å². The second-order valence-electron chi connectivity index (χ2n) is 14.6. The molecule has 0 saturated carbocycles. The number of aliphatic imine (C=N–C) groups is 1. The van der Waals surface area contributed by atoms with Crippen LogP contribution in [0.1, 0.15) is 70.3 Å². The Morgan fingerprint density at radius 3 is 2.59 bits per heavy atom. The number of fused-ring (bicyclic) bond motifs is 4. The van der Waals surface area contributed by atoms with E-state index >= 15 is 0 Å². The SMILES string of the molecule is Cc1sc2c(c1C)C(c1ccc(Cl)cc1)=N[C@@H](CC(=O)NCc1cn(CCOCCOCCNc3cccc4c(=O)n(C5CCC(=O)NC5=O)ncc34)nn1)c1nnc(C)n1-2. The van der Waals surface area contributed by atoms with Gasteiger partial charge in [0.25, 0.3) is 11.5 Å². The molecule has 3 amide bonds. The van der Waals surface area contributed by atoms with Crippen molar-refractivity contribution >= 4 is 62.8 Å². The molecule has 6 aromatic rings. The number of anilines is 1. The fourth-order valence-electron chi connectivity index (χ4n) is 7.31. The molecule has 3 N–H and O–H groups in total. The monoisotopic (exact) mass is 866 g/mol. The number of rotatable bonds is 16. The van der Waals surface area contributed by atoms with E-state index in [-0.39, 0.29) is 37.6 Å². The first-order valence-electron chi connectivity index (χ1n) is 19.8. The van der Waals surface area contributed by atoms with E-state index in [1.54, 1.807) is 40.5 Å². The number of carbonyl (C=O) groups excluding carboxylic acids is 3. The lowest BCUT2D eigenvalue weighted by Crippen LogP contribution is -2.45. The average Bonchev–Trinajstić information content (AvgIpc) is 3.92. The minimum absolute atomic E-state index is 0.0550. The summed E-state index contributed by atoms with van der Waals surface area (Å²) < 4.78 is 16.3. The van der Waals surface area contributed by atoms with E-state index in [2.05, 4.69) is 55.4 Å². The Morgan fingerprint density at radius 2 is 1.79 bits per heavy atom. The number of carbonyl (C=O) groups is 3. The van der Waals surface area contributed by atoms with Gasteiger partial charge in [-0.15, -0.1) is 26.6 Å². The highest BCUT2D eigenvalue weighted by Crippen LogP contribution is 2.39. The van der Waals surface area contributed by atoms with Gasteiger partial charge in [0.1, 0.15) is 28.6 Å². The van der Waals surface area contributed by atoms with Gasteiger partial charge in [0.15, 0.2) is 5.82 Å². The van der Waals surface area contributed by atoms with Crippen LogP contribution in [0.4, 0.5) is 5.69 Å². The van der Waals surface area contributed by atoms with Gasteiger partial charge in [0, 0.05) is 45.1 Å². The van der Waals surface area contributed by atoms with Crippen molar-refractivity contribution < 1.29 is 23.9 Å². The highest BCUT2D eigenvalue weighted by atomic mass is 35.5. The van der Waals surface area contributed by atoms with E-state index in [0.717, 1.165) is 37.9 Å². The molecule has 2 aromatic carbocycles. The van der Waals surface area contributed by atoms with Crippen LogP contribution in [0, 0.1) is 20.8 Å². The summed E-state index contributed by atoms with van der Waals surface area (Å²) in [6, 6.07) is 11.4. The summed E-state index contributed by atoms with van der Waals surface area (Å²) >= 11 is 7.89. The van der Waals surface area contributed by atoms with Crippen LogP contribution in [-0.2, 0) is 36.9 Å². The second-order valence-corrected chi connectivity index (χ2v) is 16.3. The number of nitrogens with zero attached hydrogens (tertiary/aromatic N) is 9. The molecule has 0 bridgehead atoms. The standard InChI is InChI=1S/C41H43ClN12O6S/c1-23-24(2)61-41-36(23)37(26-7-9-27(42)10-8-26)46-32(38-50-48-25(3)53(38)41)19-35(56)44-20-28-22-52(51-49-28)14-16-60-18-17-59-15-13-43-31-6-4-5-29-30(31)21-45-54(40(29)58)33-11-12-34(55)47-39(33)57/h4-10,21-22,32-33,43H,11-20H2,1-3H3,(H,44,56)(H,47,55,57)/t32-,33?/m0/s1. The molecule has 8 rings (SSSR count). The van der Waals surface area contributed by atoms with Crippen molar-refractivity contribution in [3.63, 3.8) is 0 Å². The Kier molecular flexibility index (Phi) is 12.4. The first-order chi connectivity index (χ1) is 29.5. The van der Waals surface area contributed by atoms with E-state index in [1.165, 1.54) is 4.88 Å². The molecule has 61 heavy (non-hydrogen) atoms. The number of benzene rings is 2. The molecule has 2 atom stereocenters. The number of aromatic nitrogens is 8. The summed E-state index contributed by atoms with van der Waals surface area (Å²) in [7, 11) is 0. The van der Waals surface area contributed by atoms with Crippen molar-refractivity contribution in [1.29, 1.82) is 0 Å². The van der Waals surface area contributed by atoms with Crippen molar-refractivity contribution in [2.24, 2.45) is 4.99 Å². The molecule has 2 aliphatic heterocycles. The summed E-state index contributed by atoms with van der Waals surface area (Å²) in [6.07, 6.45) is 3.75.